The SMILES string of the molecule is CCCCCCCn1cc[n+](C)c1.CCCCCCn1cc[n+](C)c1.[I-].[I-]. The Bertz CT molecular complexity index is 552. The highest BCUT2D eigenvalue weighted by atomic mass is 127. The van der Waals surface area contributed by atoms with Gasteiger partial charge in [-0.3, -0.25) is 0 Å². The van der Waals surface area contributed by atoms with E-state index in [1.54, 1.807) is 0 Å². The van der Waals surface area contributed by atoms with Crippen LogP contribution < -0.4 is 57.1 Å². The normalized spacial score (nSPS) is 9.78. The Balaban J connectivity index is 0. The van der Waals surface area contributed by atoms with Crippen LogP contribution in [0, 0.1) is 0 Å². The van der Waals surface area contributed by atoms with Gasteiger partial charge >= 0.3 is 0 Å². The molecule has 2 heterocycles. The molecule has 0 radical (unpaired) electrons. The number of halogens is 2. The molecule has 2 rings (SSSR count). The fraction of sp³-hybridized carbons (Fsp3) is 0.714. The van der Waals surface area contributed by atoms with E-state index in [9.17, 15) is 0 Å². The topological polar surface area (TPSA) is 17.6 Å². The number of hydrogen-bond donors (Lipinski definition) is 0. The minimum absolute atomic E-state index is 0. The second-order valence-corrected chi connectivity index (χ2v) is 7.11. The molecule has 0 saturated heterocycles. The third kappa shape index (κ3) is 15.5. The first-order valence-electron chi connectivity index (χ1n) is 10.2. The molecule has 4 nitrogen and oxygen atoms in total. The van der Waals surface area contributed by atoms with E-state index >= 15 is 0 Å². The van der Waals surface area contributed by atoms with E-state index in [2.05, 4.69) is 83.7 Å². The number of rotatable bonds is 11. The molecule has 0 N–H and O–H groups in total. The summed E-state index contributed by atoms with van der Waals surface area (Å²) < 4.78 is 8.67. The standard InChI is InChI=1S/C11H21N2.C10H19N2.2HI/c1-3-4-5-6-7-8-13-10-9-12(2)11-13;1-3-4-5-6-7-12-9-8-11(2)10-12;;/h9-11H,3-8H2,1-2H3;8-10H,3-7H2,1-2H3;2*1H/q2*+1;;/p-2. The summed E-state index contributed by atoms with van der Waals surface area (Å²) >= 11 is 0. The number of aromatic nitrogens is 4. The first-order valence-corrected chi connectivity index (χ1v) is 10.2. The highest BCUT2D eigenvalue weighted by Crippen LogP contribution is 2.03. The Hall–Kier alpha value is -0.120. The average molecular weight is 602 g/mol. The summed E-state index contributed by atoms with van der Waals surface area (Å²) in [4.78, 5) is 0. The predicted molar refractivity (Wildman–Crippen MR) is 104 cm³/mol. The largest absolute Gasteiger partial charge is 1.00 e. The van der Waals surface area contributed by atoms with Gasteiger partial charge in [0.15, 0.2) is 0 Å². The predicted octanol–water partition coefficient (Wildman–Crippen LogP) is -1.82. The van der Waals surface area contributed by atoms with E-state index < -0.39 is 0 Å². The van der Waals surface area contributed by atoms with Gasteiger partial charge in [0, 0.05) is 0 Å². The van der Waals surface area contributed by atoms with Crippen LogP contribution in [0.3, 0.4) is 0 Å². The summed E-state index contributed by atoms with van der Waals surface area (Å²) in [5.74, 6) is 0. The number of imidazole rings is 2. The lowest BCUT2D eigenvalue weighted by Crippen LogP contribution is -3.00. The Kier molecular flexibility index (Phi) is 20.7. The molecule has 0 aromatic carbocycles. The fourth-order valence-corrected chi connectivity index (χ4v) is 2.89. The molecular weight excluding hydrogens is 562 g/mol. The molecular formula is C21H40I2N4. The smallest absolute Gasteiger partial charge is 0.243 e. The van der Waals surface area contributed by atoms with E-state index in [4.69, 9.17) is 0 Å². The molecule has 2 aromatic heterocycles. The van der Waals surface area contributed by atoms with Crippen LogP contribution in [0.2, 0.25) is 0 Å². The maximum absolute atomic E-state index is 2.26. The van der Waals surface area contributed by atoms with Gasteiger partial charge in [0.25, 0.3) is 0 Å². The second-order valence-electron chi connectivity index (χ2n) is 7.11. The van der Waals surface area contributed by atoms with Crippen molar-refractivity contribution < 1.29 is 57.1 Å². The third-order valence-electron chi connectivity index (χ3n) is 4.44. The van der Waals surface area contributed by atoms with Crippen LogP contribution in [-0.4, -0.2) is 9.13 Å². The van der Waals surface area contributed by atoms with Crippen LogP contribution in [0.5, 0.6) is 0 Å². The lowest BCUT2D eigenvalue weighted by molar-refractivity contribution is -0.671. The van der Waals surface area contributed by atoms with Gasteiger partial charge in [0.1, 0.15) is 24.8 Å². The van der Waals surface area contributed by atoms with Crippen LogP contribution in [0.1, 0.15) is 71.6 Å². The molecule has 2 aromatic rings. The monoisotopic (exact) mass is 602 g/mol. The van der Waals surface area contributed by atoms with Crippen molar-refractivity contribution in [1.29, 1.82) is 0 Å². The summed E-state index contributed by atoms with van der Waals surface area (Å²) in [6, 6.07) is 0. The average Bonchev–Trinajstić information content (AvgIpc) is 3.20. The van der Waals surface area contributed by atoms with Crippen molar-refractivity contribution in [1.82, 2.24) is 9.13 Å². The summed E-state index contributed by atoms with van der Waals surface area (Å²) in [7, 11) is 4.12. The van der Waals surface area contributed by atoms with Gasteiger partial charge in [0.05, 0.1) is 27.2 Å². The Morgan fingerprint density at radius 2 is 0.963 bits per heavy atom. The molecule has 0 amide bonds. The zero-order valence-electron chi connectivity index (χ0n) is 17.8. The highest BCUT2D eigenvalue weighted by molar-refractivity contribution is 4.66. The number of nitrogens with zero attached hydrogens (tertiary/aromatic N) is 4. The molecule has 0 aliphatic heterocycles. The van der Waals surface area contributed by atoms with E-state index in [1.807, 2.05) is 0 Å². The lowest BCUT2D eigenvalue weighted by Gasteiger charge is -1.97. The maximum atomic E-state index is 2.26. The Labute approximate surface area is 201 Å². The van der Waals surface area contributed by atoms with E-state index in [1.165, 1.54) is 70.9 Å². The van der Waals surface area contributed by atoms with Crippen LogP contribution in [0.25, 0.3) is 0 Å². The molecule has 0 fully saturated rings. The summed E-state index contributed by atoms with van der Waals surface area (Å²) in [6.45, 7) is 6.84. The van der Waals surface area contributed by atoms with Crippen LogP contribution in [-0.2, 0) is 27.2 Å². The van der Waals surface area contributed by atoms with E-state index in [0.717, 1.165) is 0 Å². The van der Waals surface area contributed by atoms with Crippen molar-refractivity contribution in [3.8, 4) is 0 Å². The molecule has 0 atom stereocenters. The van der Waals surface area contributed by atoms with Crippen molar-refractivity contribution in [2.45, 2.75) is 84.7 Å². The summed E-state index contributed by atoms with van der Waals surface area (Å²) in [6.07, 6.45) is 24.9. The molecule has 0 unspecified atom stereocenters. The maximum Gasteiger partial charge on any atom is 0.243 e. The van der Waals surface area contributed by atoms with Crippen molar-refractivity contribution >= 4 is 0 Å². The molecule has 0 spiro atoms. The highest BCUT2D eigenvalue weighted by Gasteiger charge is 1.99. The Morgan fingerprint density at radius 1 is 0.593 bits per heavy atom. The second kappa shape index (κ2) is 19.2. The van der Waals surface area contributed by atoms with Crippen LogP contribution >= 0.6 is 0 Å². The first kappa shape index (κ1) is 29.1. The van der Waals surface area contributed by atoms with Crippen molar-refractivity contribution in [2.24, 2.45) is 14.1 Å². The Morgan fingerprint density at radius 3 is 1.30 bits per heavy atom. The molecule has 0 bridgehead atoms. The van der Waals surface area contributed by atoms with E-state index in [0.29, 0.717) is 0 Å². The minimum atomic E-state index is 0. The van der Waals surface area contributed by atoms with Gasteiger partial charge in [-0.25, -0.2) is 18.3 Å². The van der Waals surface area contributed by atoms with Gasteiger partial charge in [0.2, 0.25) is 12.7 Å². The third-order valence-corrected chi connectivity index (χ3v) is 4.44. The van der Waals surface area contributed by atoms with Gasteiger partial charge in [-0.1, -0.05) is 46.0 Å². The van der Waals surface area contributed by atoms with Gasteiger partial charge in [-0.05, 0) is 25.7 Å². The zero-order chi connectivity index (χ0) is 18.3. The van der Waals surface area contributed by atoms with Crippen LogP contribution in [0.15, 0.2) is 37.4 Å². The van der Waals surface area contributed by atoms with Crippen molar-refractivity contribution in [3.63, 3.8) is 0 Å². The minimum Gasteiger partial charge on any atom is -1.00 e. The quantitative estimate of drug-likeness (QED) is 0.164. The zero-order valence-corrected chi connectivity index (χ0v) is 22.1. The van der Waals surface area contributed by atoms with Gasteiger partial charge in [-0.15, -0.1) is 0 Å². The van der Waals surface area contributed by atoms with Crippen molar-refractivity contribution in [2.75, 3.05) is 0 Å². The fourth-order valence-electron chi connectivity index (χ4n) is 2.89. The molecule has 6 heteroatoms. The number of aryl methyl sites for hydroxylation is 4. The molecule has 0 aliphatic carbocycles. The summed E-state index contributed by atoms with van der Waals surface area (Å²) in [5.41, 5.74) is 0. The lowest BCUT2D eigenvalue weighted by atomic mass is 10.1. The number of hydrogen-bond acceptors (Lipinski definition) is 0. The molecule has 0 saturated carbocycles. The van der Waals surface area contributed by atoms with Gasteiger partial charge < -0.3 is 48.0 Å². The van der Waals surface area contributed by atoms with Gasteiger partial charge in [-0.2, -0.15) is 0 Å². The molecule has 158 valence electrons. The molecule has 27 heavy (non-hydrogen) atoms. The van der Waals surface area contributed by atoms with E-state index in [-0.39, 0.29) is 48.0 Å². The van der Waals surface area contributed by atoms with Crippen molar-refractivity contribution in [3.05, 3.63) is 37.4 Å². The summed E-state index contributed by atoms with van der Waals surface area (Å²) in [5, 5.41) is 0. The van der Waals surface area contributed by atoms with Crippen LogP contribution in [0.4, 0.5) is 0 Å². The molecule has 0 aliphatic rings. The number of unbranched alkanes of at least 4 members (excludes halogenated alkanes) is 7. The first-order chi connectivity index (χ1) is 12.2.